The molecule has 1 aromatic heterocycles. The van der Waals surface area contributed by atoms with Crippen LogP contribution in [0.15, 0.2) is 34.0 Å². The Kier molecular flexibility index (Phi) is 25.0. The van der Waals surface area contributed by atoms with Crippen molar-refractivity contribution in [1.82, 2.24) is 10.3 Å². The Morgan fingerprint density at radius 1 is 0.659 bits per heavy atom. The number of hydrogen-bond donors (Lipinski definition) is 2. The van der Waals surface area contributed by atoms with Crippen LogP contribution in [0, 0.1) is 73.9 Å². The molecule has 85 heavy (non-hydrogen) atoms. The number of H-pyrrole nitrogens is 1. The summed E-state index contributed by atoms with van der Waals surface area (Å²) in [6, 6.07) is 0. The summed E-state index contributed by atoms with van der Waals surface area (Å²) < 4.78 is 31.4. The summed E-state index contributed by atoms with van der Waals surface area (Å²) in [6.07, 6.45) is 7.37. The first-order chi connectivity index (χ1) is 39.3. The molecule has 2 fully saturated rings. The van der Waals surface area contributed by atoms with Crippen molar-refractivity contribution in [2.45, 2.75) is 242 Å². The molecule has 3 aliphatic rings. The topological polar surface area (TPSA) is 175 Å². The SMILES string of the molecule is C=C(C)C(=O)OCC1CC(C(C)(C)C)C(OC(=O)c2c(N(C)C(=O)C(CC)(CC)CC)[nH]c(/C=C3\N=C(NC(=O)C(CC)(CC)CC)C(C(=O)OC4C(C(C)(C)C)CC(COCCOC)CC4C(C)(C)C)=C3C(C)C)c2C(C)C)C(C(C)(C)C)C1. The minimum Gasteiger partial charge on any atom is -0.462 e. The highest BCUT2D eigenvalue weighted by Crippen LogP contribution is 2.53. The van der Waals surface area contributed by atoms with Crippen LogP contribution in [0.4, 0.5) is 5.82 Å². The monoisotopic (exact) mass is 1190 g/mol. The number of amidine groups is 1. The number of ether oxygens (including phenoxy) is 5. The van der Waals surface area contributed by atoms with Crippen LogP contribution in [0.3, 0.4) is 0 Å². The van der Waals surface area contributed by atoms with Crippen molar-refractivity contribution in [2.24, 2.45) is 78.9 Å². The quantitative estimate of drug-likeness (QED) is 0.0439. The molecule has 2 saturated carbocycles. The number of carbonyl (C=O) groups is 5. The van der Waals surface area contributed by atoms with Crippen molar-refractivity contribution in [3.63, 3.8) is 0 Å². The molecule has 4 unspecified atom stereocenters. The number of hydrogen-bond acceptors (Lipinski definition) is 11. The molecular weight excluding hydrogens is 1070 g/mol. The van der Waals surface area contributed by atoms with E-state index in [1.54, 1.807) is 26.0 Å². The number of rotatable bonds is 24. The number of anilines is 1. The summed E-state index contributed by atoms with van der Waals surface area (Å²) in [5, 5.41) is 3.22. The number of esters is 3. The molecule has 14 heteroatoms. The van der Waals surface area contributed by atoms with Crippen LogP contribution in [0.2, 0.25) is 0 Å². The average Bonchev–Trinajstić information content (AvgIpc) is 2.21. The zero-order valence-electron chi connectivity index (χ0n) is 57.9. The lowest BCUT2D eigenvalue weighted by molar-refractivity contribution is -0.166. The lowest BCUT2D eigenvalue weighted by atomic mass is 9.58. The van der Waals surface area contributed by atoms with Gasteiger partial charge in [0.05, 0.1) is 25.5 Å². The molecule has 4 rings (SSSR count). The van der Waals surface area contributed by atoms with Crippen LogP contribution < -0.4 is 10.2 Å². The van der Waals surface area contributed by atoms with Gasteiger partial charge in [-0.25, -0.2) is 19.4 Å². The Labute approximate surface area is 515 Å². The summed E-state index contributed by atoms with van der Waals surface area (Å²) in [5.41, 5.74) is 0.457. The summed E-state index contributed by atoms with van der Waals surface area (Å²) in [5.74, 6) is -2.02. The first-order valence-electron chi connectivity index (χ1n) is 32.5. The molecule has 482 valence electrons. The maximum absolute atomic E-state index is 15.9. The molecule has 4 atom stereocenters. The van der Waals surface area contributed by atoms with E-state index in [-0.39, 0.29) is 104 Å². The van der Waals surface area contributed by atoms with Gasteiger partial charge in [-0.1, -0.05) is 159 Å². The predicted octanol–water partition coefficient (Wildman–Crippen LogP) is 16.0. The largest absolute Gasteiger partial charge is 0.462 e. The van der Waals surface area contributed by atoms with Gasteiger partial charge in [-0.2, -0.15) is 0 Å². The van der Waals surface area contributed by atoms with E-state index in [0.29, 0.717) is 105 Å². The molecule has 14 nitrogen and oxygen atoms in total. The van der Waals surface area contributed by atoms with E-state index in [1.165, 1.54) is 0 Å². The van der Waals surface area contributed by atoms with Gasteiger partial charge >= 0.3 is 17.9 Å². The average molecular weight is 1190 g/mol. The van der Waals surface area contributed by atoms with Gasteiger partial charge in [0, 0.05) is 66.5 Å². The number of aliphatic imine (C=N–C) groups is 1. The zero-order valence-corrected chi connectivity index (χ0v) is 57.9. The van der Waals surface area contributed by atoms with E-state index in [2.05, 4.69) is 100.0 Å². The molecule has 2 amide bonds. The standard InChI is InChI=1S/C71H118N4O10/c1-27-70(28-2,29-3)64(79)74-59-55(62(77)84-57-47(66(13,14)15)35-45(40-82-34-33-81-26)36-48(57)67(16,17)18)53(42(7)8)51(72-59)39-52-54(43(9)10)56(60(73-52)75(25)65(80)71(30-4,31-5)32-6)63(78)85-58-49(68(19,20)21)37-46(38-50(58)69(22,23)24)41-83-61(76)44(11)12/h39,42-43,45-50,57-58,73H,11,27-38,40-41H2,1-10,12-26H3,(H,72,74,79)/b51-39-. The zero-order chi connectivity index (χ0) is 64.7. The van der Waals surface area contributed by atoms with Gasteiger partial charge in [0.25, 0.3) is 0 Å². The lowest BCUT2D eigenvalue weighted by Crippen LogP contribution is -2.51. The number of aromatic amines is 1. The first kappa shape index (κ1) is 72.9. The molecule has 2 aliphatic carbocycles. The highest BCUT2D eigenvalue weighted by Gasteiger charge is 2.52. The van der Waals surface area contributed by atoms with Crippen LogP contribution >= 0.6 is 0 Å². The van der Waals surface area contributed by atoms with Crippen molar-refractivity contribution < 1.29 is 47.7 Å². The summed E-state index contributed by atoms with van der Waals surface area (Å²) >= 11 is 0. The van der Waals surface area contributed by atoms with E-state index in [9.17, 15) is 9.59 Å². The second kappa shape index (κ2) is 29.2. The third-order valence-electron chi connectivity index (χ3n) is 20.2. The lowest BCUT2D eigenvalue weighted by Gasteiger charge is -2.50. The maximum Gasteiger partial charge on any atom is 0.342 e. The number of aromatic nitrogens is 1. The highest BCUT2D eigenvalue weighted by atomic mass is 16.6. The molecule has 2 N–H and O–H groups in total. The van der Waals surface area contributed by atoms with Gasteiger partial charge < -0.3 is 38.9 Å². The molecule has 0 spiro atoms. The van der Waals surface area contributed by atoms with Crippen LogP contribution in [-0.4, -0.2) is 93.3 Å². The first-order valence-corrected chi connectivity index (χ1v) is 32.5. The fourth-order valence-electron chi connectivity index (χ4n) is 14.2. The van der Waals surface area contributed by atoms with Gasteiger partial charge in [0.15, 0.2) is 0 Å². The van der Waals surface area contributed by atoms with Crippen LogP contribution in [-0.2, 0) is 42.9 Å². The molecular formula is C71H118N4O10. The Balaban J connectivity index is 2.09. The van der Waals surface area contributed by atoms with E-state index < -0.39 is 40.9 Å². The third kappa shape index (κ3) is 16.8. The molecule has 0 bridgehead atoms. The number of allylic oxidation sites excluding steroid dienone is 1. The third-order valence-corrected chi connectivity index (χ3v) is 20.2. The van der Waals surface area contributed by atoms with Crippen LogP contribution in [0.5, 0.6) is 0 Å². The fraction of sp³-hybridized carbons (Fsp3) is 0.775. The smallest absolute Gasteiger partial charge is 0.342 e. The van der Waals surface area contributed by atoms with Crippen molar-refractivity contribution in [2.75, 3.05) is 45.5 Å². The van der Waals surface area contributed by atoms with Crippen molar-refractivity contribution in [3.05, 3.63) is 45.8 Å². The predicted molar refractivity (Wildman–Crippen MR) is 345 cm³/mol. The van der Waals surface area contributed by atoms with E-state index in [4.69, 9.17) is 28.7 Å². The Morgan fingerprint density at radius 2 is 1.09 bits per heavy atom. The van der Waals surface area contributed by atoms with Crippen LogP contribution in [0.25, 0.3) is 6.08 Å². The number of nitrogens with zero attached hydrogens (tertiary/aromatic N) is 2. The normalized spacial score (nSPS) is 23.3. The number of carbonyl (C=O) groups excluding carboxylic acids is 5. The Bertz CT molecular complexity index is 2530. The Morgan fingerprint density at radius 3 is 1.48 bits per heavy atom. The van der Waals surface area contributed by atoms with Gasteiger partial charge in [-0.05, 0) is 134 Å². The molecule has 2 heterocycles. The number of amides is 2. The van der Waals surface area contributed by atoms with Gasteiger partial charge in [0.2, 0.25) is 11.8 Å². The van der Waals surface area contributed by atoms with Gasteiger partial charge in [0.1, 0.15) is 35.0 Å². The minimum atomic E-state index is -0.717. The summed E-state index contributed by atoms with van der Waals surface area (Å²) in [4.78, 5) is 84.9. The van der Waals surface area contributed by atoms with E-state index in [1.807, 2.05) is 75.3 Å². The number of methoxy groups -OCH3 is 1. The fourth-order valence-corrected chi connectivity index (χ4v) is 14.2. The molecule has 0 radical (unpaired) electrons. The maximum atomic E-state index is 15.9. The summed E-state index contributed by atoms with van der Waals surface area (Å²) in [7, 11) is 3.41. The second-order valence-corrected chi connectivity index (χ2v) is 30.5. The molecule has 0 saturated heterocycles. The minimum absolute atomic E-state index is 0.0219. The van der Waals surface area contributed by atoms with Crippen molar-refractivity contribution >= 4 is 47.5 Å². The highest BCUT2D eigenvalue weighted by molar-refractivity contribution is 6.26. The van der Waals surface area contributed by atoms with Gasteiger partial charge in [-0.3, -0.25) is 9.59 Å². The van der Waals surface area contributed by atoms with Crippen LogP contribution in [0.1, 0.15) is 251 Å². The molecule has 0 aromatic carbocycles. The Hall–Kier alpha value is -4.56. The van der Waals surface area contributed by atoms with Gasteiger partial charge in [-0.15, -0.1) is 0 Å². The van der Waals surface area contributed by atoms with Crippen molar-refractivity contribution in [3.8, 4) is 0 Å². The molecule has 1 aliphatic heterocycles. The molecule has 1 aromatic rings. The van der Waals surface area contributed by atoms with E-state index in [0.717, 1.165) is 12.8 Å². The number of nitrogens with one attached hydrogen (secondary N) is 2. The summed E-state index contributed by atoms with van der Waals surface area (Å²) in [6.45, 7) is 53.9. The van der Waals surface area contributed by atoms with Crippen molar-refractivity contribution in [1.29, 1.82) is 0 Å². The van der Waals surface area contributed by atoms with E-state index >= 15 is 14.4 Å². The second-order valence-electron chi connectivity index (χ2n) is 30.5.